The van der Waals surface area contributed by atoms with E-state index in [2.05, 4.69) is 26.6 Å². The van der Waals surface area contributed by atoms with Gasteiger partial charge in [-0.1, -0.05) is 24.3 Å². The van der Waals surface area contributed by atoms with E-state index in [1.807, 2.05) is 24.3 Å². The third-order valence-electron chi connectivity index (χ3n) is 3.60. The highest BCUT2D eigenvalue weighted by molar-refractivity contribution is 9.10. The smallest absolute Gasteiger partial charge is 0.233 e. The number of rotatable bonds is 2. The Hall–Kier alpha value is -1.72. The van der Waals surface area contributed by atoms with Crippen molar-refractivity contribution in [1.29, 1.82) is 0 Å². The SMILES string of the molecule is O=C(Nc1ccc(Br)c(F)c1)C1CNCc2ccccc21. The van der Waals surface area contributed by atoms with Crippen molar-refractivity contribution in [2.24, 2.45) is 0 Å². The number of carbonyl (C=O) groups is 1. The lowest BCUT2D eigenvalue weighted by atomic mass is 9.90. The Bertz CT molecular complexity index is 690. The van der Waals surface area contributed by atoms with E-state index in [9.17, 15) is 9.18 Å². The minimum absolute atomic E-state index is 0.128. The summed E-state index contributed by atoms with van der Waals surface area (Å²) in [5.41, 5.74) is 2.63. The number of carbonyl (C=O) groups excluding carboxylic acids is 1. The first-order valence-electron chi connectivity index (χ1n) is 6.69. The van der Waals surface area contributed by atoms with Crippen molar-refractivity contribution in [1.82, 2.24) is 5.32 Å². The maximum absolute atomic E-state index is 13.5. The van der Waals surface area contributed by atoms with Crippen LogP contribution >= 0.6 is 15.9 Å². The van der Waals surface area contributed by atoms with Gasteiger partial charge in [-0.2, -0.15) is 0 Å². The predicted molar refractivity (Wildman–Crippen MR) is 83.6 cm³/mol. The highest BCUT2D eigenvalue weighted by Gasteiger charge is 2.26. The molecule has 2 aromatic rings. The molecule has 3 rings (SSSR count). The summed E-state index contributed by atoms with van der Waals surface area (Å²) in [6.07, 6.45) is 0. The first-order chi connectivity index (χ1) is 10.1. The number of anilines is 1. The molecule has 0 bridgehead atoms. The quantitative estimate of drug-likeness (QED) is 0.873. The molecule has 1 amide bonds. The number of fused-ring (bicyclic) bond motifs is 1. The molecule has 1 atom stereocenters. The van der Waals surface area contributed by atoms with Crippen LogP contribution in [0.25, 0.3) is 0 Å². The maximum Gasteiger partial charge on any atom is 0.233 e. The number of hydrogen-bond acceptors (Lipinski definition) is 2. The lowest BCUT2D eigenvalue weighted by Crippen LogP contribution is -2.35. The molecule has 0 saturated carbocycles. The van der Waals surface area contributed by atoms with Crippen LogP contribution in [0, 0.1) is 5.82 Å². The average molecular weight is 349 g/mol. The molecule has 1 aliphatic rings. The van der Waals surface area contributed by atoms with E-state index in [-0.39, 0.29) is 11.8 Å². The van der Waals surface area contributed by atoms with E-state index in [4.69, 9.17) is 0 Å². The summed E-state index contributed by atoms with van der Waals surface area (Å²) in [5, 5.41) is 6.02. The summed E-state index contributed by atoms with van der Waals surface area (Å²) in [4.78, 5) is 12.4. The van der Waals surface area contributed by atoms with Crippen molar-refractivity contribution >= 4 is 27.5 Å². The fraction of sp³-hybridized carbons (Fsp3) is 0.188. The molecule has 0 saturated heterocycles. The molecule has 0 spiro atoms. The highest BCUT2D eigenvalue weighted by Crippen LogP contribution is 2.26. The van der Waals surface area contributed by atoms with Gasteiger partial charge >= 0.3 is 0 Å². The van der Waals surface area contributed by atoms with Crippen molar-refractivity contribution in [3.05, 3.63) is 63.9 Å². The summed E-state index contributed by atoms with van der Waals surface area (Å²) in [5.74, 6) is -0.784. The fourth-order valence-electron chi connectivity index (χ4n) is 2.53. The van der Waals surface area contributed by atoms with Crippen LogP contribution in [-0.4, -0.2) is 12.5 Å². The Labute approximate surface area is 130 Å². The molecule has 108 valence electrons. The standard InChI is InChI=1S/C16H14BrFN2O/c17-14-6-5-11(7-15(14)18)20-16(21)13-9-19-8-10-3-1-2-4-12(10)13/h1-7,13,19H,8-9H2,(H,20,21). The Balaban J connectivity index is 1.81. The van der Waals surface area contributed by atoms with Crippen LogP contribution in [0.3, 0.4) is 0 Å². The van der Waals surface area contributed by atoms with Gasteiger partial charge in [-0.15, -0.1) is 0 Å². The van der Waals surface area contributed by atoms with Gasteiger partial charge in [-0.3, -0.25) is 4.79 Å². The Morgan fingerprint density at radius 2 is 2.10 bits per heavy atom. The first kappa shape index (κ1) is 14.2. The maximum atomic E-state index is 13.5. The zero-order chi connectivity index (χ0) is 14.8. The summed E-state index contributed by atoms with van der Waals surface area (Å²) in [7, 11) is 0. The molecule has 2 aromatic carbocycles. The lowest BCUT2D eigenvalue weighted by Gasteiger charge is -2.25. The third-order valence-corrected chi connectivity index (χ3v) is 4.24. The predicted octanol–water partition coefficient (Wildman–Crippen LogP) is 3.41. The minimum atomic E-state index is -0.394. The fourth-order valence-corrected chi connectivity index (χ4v) is 2.78. The van der Waals surface area contributed by atoms with Crippen LogP contribution in [0.2, 0.25) is 0 Å². The van der Waals surface area contributed by atoms with E-state index in [1.165, 1.54) is 6.07 Å². The van der Waals surface area contributed by atoms with Crippen molar-refractivity contribution in [3.8, 4) is 0 Å². The second kappa shape index (κ2) is 5.95. The molecule has 0 aromatic heterocycles. The van der Waals surface area contributed by atoms with Gasteiger partial charge in [-0.25, -0.2) is 4.39 Å². The number of hydrogen-bond donors (Lipinski definition) is 2. The van der Waals surface area contributed by atoms with Crippen LogP contribution in [0.15, 0.2) is 46.9 Å². The largest absolute Gasteiger partial charge is 0.325 e. The Morgan fingerprint density at radius 1 is 1.29 bits per heavy atom. The molecular formula is C16H14BrFN2O. The molecule has 2 N–H and O–H groups in total. The Morgan fingerprint density at radius 3 is 2.90 bits per heavy atom. The van der Waals surface area contributed by atoms with E-state index >= 15 is 0 Å². The van der Waals surface area contributed by atoms with Crippen molar-refractivity contribution < 1.29 is 9.18 Å². The van der Waals surface area contributed by atoms with Crippen LogP contribution in [0.5, 0.6) is 0 Å². The third kappa shape index (κ3) is 2.99. The number of halogens is 2. The number of amides is 1. The molecule has 1 heterocycles. The van der Waals surface area contributed by atoms with Gasteiger partial charge in [0.1, 0.15) is 5.82 Å². The van der Waals surface area contributed by atoms with Crippen molar-refractivity contribution in [2.45, 2.75) is 12.5 Å². The van der Waals surface area contributed by atoms with Gasteiger partial charge in [-0.05, 0) is 45.3 Å². The molecule has 1 aliphatic heterocycles. The topological polar surface area (TPSA) is 41.1 Å². The zero-order valence-corrected chi connectivity index (χ0v) is 12.8. The monoisotopic (exact) mass is 348 g/mol. The molecule has 0 fully saturated rings. The summed E-state index contributed by atoms with van der Waals surface area (Å²) < 4.78 is 13.9. The molecule has 0 radical (unpaired) electrons. The molecular weight excluding hydrogens is 335 g/mol. The lowest BCUT2D eigenvalue weighted by molar-refractivity contribution is -0.117. The van der Waals surface area contributed by atoms with Crippen LogP contribution in [-0.2, 0) is 11.3 Å². The van der Waals surface area contributed by atoms with Gasteiger partial charge in [0.2, 0.25) is 5.91 Å². The molecule has 0 aliphatic carbocycles. The van der Waals surface area contributed by atoms with Crippen molar-refractivity contribution in [2.75, 3.05) is 11.9 Å². The number of nitrogens with one attached hydrogen (secondary N) is 2. The van der Waals surface area contributed by atoms with Crippen molar-refractivity contribution in [3.63, 3.8) is 0 Å². The van der Waals surface area contributed by atoms with Crippen LogP contribution < -0.4 is 10.6 Å². The van der Waals surface area contributed by atoms with Gasteiger partial charge in [0.05, 0.1) is 10.4 Å². The molecule has 1 unspecified atom stereocenters. The van der Waals surface area contributed by atoms with Crippen LogP contribution in [0.4, 0.5) is 10.1 Å². The van der Waals surface area contributed by atoms with Gasteiger partial charge in [0, 0.05) is 18.8 Å². The second-order valence-electron chi connectivity index (χ2n) is 5.00. The summed E-state index contributed by atoms with van der Waals surface area (Å²) >= 11 is 3.10. The second-order valence-corrected chi connectivity index (χ2v) is 5.85. The Kier molecular flexibility index (Phi) is 4.03. The summed E-state index contributed by atoms with van der Waals surface area (Å²) in [6.45, 7) is 1.36. The molecule has 21 heavy (non-hydrogen) atoms. The number of benzene rings is 2. The average Bonchev–Trinajstić information content (AvgIpc) is 2.50. The normalized spacial score (nSPS) is 17.1. The van der Waals surface area contributed by atoms with E-state index in [0.717, 1.165) is 17.7 Å². The van der Waals surface area contributed by atoms with E-state index in [0.29, 0.717) is 16.7 Å². The van der Waals surface area contributed by atoms with Gasteiger partial charge < -0.3 is 10.6 Å². The zero-order valence-electron chi connectivity index (χ0n) is 11.2. The van der Waals surface area contributed by atoms with Gasteiger partial charge in [0.15, 0.2) is 0 Å². The molecule has 5 heteroatoms. The minimum Gasteiger partial charge on any atom is -0.325 e. The molecule has 3 nitrogen and oxygen atoms in total. The van der Waals surface area contributed by atoms with E-state index in [1.54, 1.807) is 12.1 Å². The first-order valence-corrected chi connectivity index (χ1v) is 7.49. The van der Waals surface area contributed by atoms with Gasteiger partial charge in [0.25, 0.3) is 0 Å². The van der Waals surface area contributed by atoms with E-state index < -0.39 is 5.82 Å². The van der Waals surface area contributed by atoms with Crippen LogP contribution in [0.1, 0.15) is 17.0 Å². The summed E-state index contributed by atoms with van der Waals surface area (Å²) in [6, 6.07) is 12.5. The highest BCUT2D eigenvalue weighted by atomic mass is 79.9.